The number of aromatic nitrogens is 2. The minimum Gasteiger partial charge on any atom is -0.497 e. The van der Waals surface area contributed by atoms with E-state index in [4.69, 9.17) is 4.74 Å². The van der Waals surface area contributed by atoms with Crippen LogP contribution in [-0.4, -0.2) is 17.1 Å². The largest absolute Gasteiger partial charge is 0.497 e. The summed E-state index contributed by atoms with van der Waals surface area (Å²) in [5, 5.41) is 0. The average molecular weight is 238 g/mol. The molecule has 2 rings (SSSR count). The molecule has 0 spiro atoms. The van der Waals surface area contributed by atoms with Gasteiger partial charge in [-0.3, -0.25) is 0 Å². The van der Waals surface area contributed by atoms with Crippen molar-refractivity contribution in [2.24, 2.45) is 0 Å². The van der Waals surface area contributed by atoms with Crippen LogP contribution in [0.1, 0.15) is 0 Å². The van der Waals surface area contributed by atoms with Crippen molar-refractivity contribution in [1.82, 2.24) is 9.97 Å². The number of benzene rings is 1. The minimum absolute atomic E-state index is 0.0530. The van der Waals surface area contributed by atoms with E-state index in [-0.39, 0.29) is 11.3 Å². The number of rotatable bonds is 2. The third kappa shape index (κ3) is 2.15. The van der Waals surface area contributed by atoms with Crippen molar-refractivity contribution >= 4 is 0 Å². The van der Waals surface area contributed by atoms with Crippen LogP contribution in [0.15, 0.2) is 29.2 Å². The molecule has 0 amide bonds. The van der Waals surface area contributed by atoms with Gasteiger partial charge in [0.05, 0.1) is 19.0 Å². The molecule has 0 fully saturated rings. The second-order valence-electron chi connectivity index (χ2n) is 3.26. The predicted molar refractivity (Wildman–Crippen MR) is 56.8 cm³/mol. The summed E-state index contributed by atoms with van der Waals surface area (Å²) in [5.41, 5.74) is -1.02. The maximum absolute atomic E-state index is 13.6. The van der Waals surface area contributed by atoms with Gasteiger partial charge in [0.1, 0.15) is 11.6 Å². The third-order valence-electron chi connectivity index (χ3n) is 2.21. The number of ether oxygens (including phenoxy) is 1. The van der Waals surface area contributed by atoms with Crippen LogP contribution < -0.4 is 10.4 Å². The molecule has 88 valence electrons. The molecule has 4 nitrogen and oxygen atoms in total. The van der Waals surface area contributed by atoms with Crippen molar-refractivity contribution in [3.05, 3.63) is 46.5 Å². The van der Waals surface area contributed by atoms with Crippen molar-refractivity contribution in [2.45, 2.75) is 0 Å². The molecule has 0 saturated carbocycles. The van der Waals surface area contributed by atoms with Gasteiger partial charge in [-0.2, -0.15) is 4.98 Å². The normalized spacial score (nSPS) is 10.3. The smallest absolute Gasteiger partial charge is 0.345 e. The van der Waals surface area contributed by atoms with E-state index in [1.165, 1.54) is 19.2 Å². The number of halogens is 2. The van der Waals surface area contributed by atoms with Gasteiger partial charge in [-0.1, -0.05) is 0 Å². The molecule has 1 aromatic heterocycles. The highest BCUT2D eigenvalue weighted by Crippen LogP contribution is 2.25. The Kier molecular flexibility index (Phi) is 2.86. The molecule has 0 aliphatic heterocycles. The summed E-state index contributed by atoms with van der Waals surface area (Å²) in [4.78, 5) is 16.3. The lowest BCUT2D eigenvalue weighted by atomic mass is 10.1. The summed E-state index contributed by atoms with van der Waals surface area (Å²) in [7, 11) is 1.39. The van der Waals surface area contributed by atoms with E-state index in [2.05, 4.69) is 9.97 Å². The van der Waals surface area contributed by atoms with Crippen LogP contribution in [0, 0.1) is 11.6 Å². The number of hydrogen-bond acceptors (Lipinski definition) is 3. The Balaban J connectivity index is 2.60. The zero-order valence-corrected chi connectivity index (χ0v) is 8.83. The lowest BCUT2D eigenvalue weighted by Crippen LogP contribution is -2.12. The van der Waals surface area contributed by atoms with Gasteiger partial charge in [0.25, 0.3) is 0 Å². The molecule has 1 heterocycles. The molecule has 17 heavy (non-hydrogen) atoms. The monoisotopic (exact) mass is 238 g/mol. The molecule has 0 aliphatic rings. The van der Waals surface area contributed by atoms with Gasteiger partial charge in [-0.25, -0.2) is 13.6 Å². The van der Waals surface area contributed by atoms with Crippen molar-refractivity contribution in [2.75, 3.05) is 7.11 Å². The van der Waals surface area contributed by atoms with Gasteiger partial charge < -0.3 is 9.72 Å². The average Bonchev–Trinajstić information content (AvgIpc) is 2.32. The van der Waals surface area contributed by atoms with Crippen LogP contribution in [0.3, 0.4) is 0 Å². The van der Waals surface area contributed by atoms with E-state index in [0.717, 1.165) is 12.3 Å². The van der Waals surface area contributed by atoms with Crippen LogP contribution >= 0.6 is 0 Å². The minimum atomic E-state index is -0.798. The molecule has 2 aromatic rings. The Labute approximate surface area is 94.9 Å². The molecule has 0 aliphatic carbocycles. The molecule has 0 unspecified atom stereocenters. The molecule has 1 N–H and O–H groups in total. The summed E-state index contributed by atoms with van der Waals surface area (Å²) in [5.74, 6) is -1.18. The number of hydrogen-bond donors (Lipinski definition) is 1. The highest BCUT2D eigenvalue weighted by molar-refractivity contribution is 5.61. The first-order valence-electron chi connectivity index (χ1n) is 4.70. The highest BCUT2D eigenvalue weighted by Gasteiger charge is 2.12. The second kappa shape index (κ2) is 4.32. The van der Waals surface area contributed by atoms with Gasteiger partial charge in [0, 0.05) is 11.6 Å². The van der Waals surface area contributed by atoms with Crippen LogP contribution in [0.5, 0.6) is 5.75 Å². The van der Waals surface area contributed by atoms with Gasteiger partial charge in [0.15, 0.2) is 5.82 Å². The van der Waals surface area contributed by atoms with Crippen LogP contribution in [0.25, 0.3) is 11.3 Å². The topological polar surface area (TPSA) is 55.0 Å². The Morgan fingerprint density at radius 3 is 2.71 bits per heavy atom. The first-order chi connectivity index (χ1) is 8.11. The van der Waals surface area contributed by atoms with E-state index in [0.29, 0.717) is 5.75 Å². The Bertz CT molecular complexity index is 611. The van der Waals surface area contributed by atoms with Crippen molar-refractivity contribution in [3.63, 3.8) is 0 Å². The Morgan fingerprint density at radius 2 is 2.06 bits per heavy atom. The number of nitrogens with zero attached hydrogens (tertiary/aromatic N) is 1. The fourth-order valence-electron chi connectivity index (χ4n) is 1.40. The maximum atomic E-state index is 13.6. The van der Waals surface area contributed by atoms with E-state index in [1.54, 1.807) is 0 Å². The lowest BCUT2D eigenvalue weighted by molar-refractivity contribution is 0.411. The van der Waals surface area contributed by atoms with E-state index < -0.39 is 17.3 Å². The summed E-state index contributed by atoms with van der Waals surface area (Å²) in [6.07, 6.45) is 0.748. The first kappa shape index (κ1) is 11.3. The maximum Gasteiger partial charge on any atom is 0.345 e. The third-order valence-corrected chi connectivity index (χ3v) is 2.21. The summed E-state index contributed by atoms with van der Waals surface area (Å²) in [6, 6.07) is 3.90. The summed E-state index contributed by atoms with van der Waals surface area (Å²) >= 11 is 0. The van der Waals surface area contributed by atoms with Gasteiger partial charge >= 0.3 is 5.69 Å². The van der Waals surface area contributed by atoms with Crippen LogP contribution in [0.2, 0.25) is 0 Å². The first-order valence-corrected chi connectivity index (χ1v) is 4.70. The van der Waals surface area contributed by atoms with E-state index in [1.807, 2.05) is 0 Å². The highest BCUT2D eigenvalue weighted by atomic mass is 19.1. The molecule has 0 bridgehead atoms. The number of methoxy groups -OCH3 is 1. The Hall–Kier alpha value is -2.24. The SMILES string of the molecule is COc1ccc(-c2[nH]c(=O)ncc2F)c(F)c1. The van der Waals surface area contributed by atoms with Crippen LogP contribution in [0.4, 0.5) is 8.78 Å². The lowest BCUT2D eigenvalue weighted by Gasteiger charge is -2.06. The molecule has 1 aromatic carbocycles. The quantitative estimate of drug-likeness (QED) is 0.866. The molecule has 0 radical (unpaired) electrons. The predicted octanol–water partition coefficient (Wildman–Crippen LogP) is 1.72. The molecular formula is C11H8F2N2O2. The van der Waals surface area contributed by atoms with Crippen molar-refractivity contribution < 1.29 is 13.5 Å². The number of H-pyrrole nitrogens is 1. The van der Waals surface area contributed by atoms with E-state index in [9.17, 15) is 13.6 Å². The fraction of sp³-hybridized carbons (Fsp3) is 0.0909. The standard InChI is InChI=1S/C11H8F2N2O2/c1-17-6-2-3-7(8(12)4-6)10-9(13)5-14-11(16)15-10/h2-5H,1H3,(H,14,15,16). The molecule has 0 atom stereocenters. The summed E-state index contributed by atoms with van der Waals surface area (Å²) < 4.78 is 31.9. The zero-order valence-electron chi connectivity index (χ0n) is 8.83. The van der Waals surface area contributed by atoms with Gasteiger partial charge in [0.2, 0.25) is 0 Å². The van der Waals surface area contributed by atoms with Gasteiger partial charge in [-0.15, -0.1) is 0 Å². The molecule has 6 heteroatoms. The van der Waals surface area contributed by atoms with Crippen LogP contribution in [-0.2, 0) is 0 Å². The zero-order chi connectivity index (χ0) is 12.4. The second-order valence-corrected chi connectivity index (χ2v) is 3.26. The Morgan fingerprint density at radius 1 is 1.29 bits per heavy atom. The molecular weight excluding hydrogens is 230 g/mol. The van der Waals surface area contributed by atoms with Gasteiger partial charge in [-0.05, 0) is 12.1 Å². The number of nitrogens with one attached hydrogen (secondary N) is 1. The fourth-order valence-corrected chi connectivity index (χ4v) is 1.40. The molecule has 0 saturated heterocycles. The van der Waals surface area contributed by atoms with Crippen molar-refractivity contribution in [3.8, 4) is 17.0 Å². The summed E-state index contributed by atoms with van der Waals surface area (Å²) in [6.45, 7) is 0. The number of aromatic amines is 1. The van der Waals surface area contributed by atoms with Crippen molar-refractivity contribution in [1.29, 1.82) is 0 Å². The van der Waals surface area contributed by atoms with E-state index >= 15 is 0 Å².